The van der Waals surface area contributed by atoms with Gasteiger partial charge in [-0.25, -0.2) is 4.98 Å². The third kappa shape index (κ3) is 3.59. The van der Waals surface area contributed by atoms with Crippen LogP contribution in [0.25, 0.3) is 0 Å². The Morgan fingerprint density at radius 3 is 2.48 bits per heavy atom. The molecule has 8 heteroatoms. The third-order valence-corrected chi connectivity index (χ3v) is 3.33. The summed E-state index contributed by atoms with van der Waals surface area (Å²) in [5.41, 5.74) is 5.88. The van der Waals surface area contributed by atoms with Gasteiger partial charge < -0.3 is 10.5 Å². The zero-order valence-electron chi connectivity index (χ0n) is 10.6. The minimum absolute atomic E-state index is 0.137. The topological polar surface area (TPSA) is 48.1 Å². The highest BCUT2D eigenvalue weighted by molar-refractivity contribution is 9.10. The van der Waals surface area contributed by atoms with Crippen LogP contribution in [-0.2, 0) is 6.18 Å². The third-order valence-electron chi connectivity index (χ3n) is 2.60. The van der Waals surface area contributed by atoms with E-state index in [2.05, 4.69) is 20.9 Å². The molecule has 1 aromatic heterocycles. The zero-order chi connectivity index (χ0) is 15.8. The van der Waals surface area contributed by atoms with Crippen LogP contribution in [0.15, 0.2) is 28.9 Å². The van der Waals surface area contributed by atoms with E-state index in [9.17, 15) is 13.2 Å². The quantitative estimate of drug-likeness (QED) is 0.727. The van der Waals surface area contributed by atoms with Crippen LogP contribution in [0.3, 0.4) is 0 Å². The number of aromatic nitrogens is 1. The molecular weight excluding hydrogens is 373 g/mol. The maximum atomic E-state index is 12.5. The van der Waals surface area contributed by atoms with Gasteiger partial charge in [0.15, 0.2) is 5.75 Å². The molecule has 2 aromatic rings. The van der Waals surface area contributed by atoms with Gasteiger partial charge in [0.2, 0.25) is 5.88 Å². The zero-order valence-corrected chi connectivity index (χ0v) is 13.0. The minimum atomic E-state index is -4.51. The number of benzene rings is 1. The Bertz CT molecular complexity index is 669. The highest BCUT2D eigenvalue weighted by atomic mass is 79.9. The van der Waals surface area contributed by atoms with Crippen molar-refractivity contribution >= 4 is 33.2 Å². The van der Waals surface area contributed by atoms with E-state index in [1.54, 1.807) is 19.1 Å². The Labute approximate surface area is 132 Å². The summed E-state index contributed by atoms with van der Waals surface area (Å²) in [4.78, 5) is 3.60. The first kappa shape index (κ1) is 15.9. The van der Waals surface area contributed by atoms with Gasteiger partial charge >= 0.3 is 6.18 Å². The number of ether oxygens (including phenoxy) is 1. The van der Waals surface area contributed by atoms with Crippen LogP contribution in [0, 0.1) is 6.92 Å². The molecule has 0 fully saturated rings. The largest absolute Gasteiger partial charge is 0.435 e. The van der Waals surface area contributed by atoms with Gasteiger partial charge in [-0.15, -0.1) is 0 Å². The number of pyridine rings is 1. The van der Waals surface area contributed by atoms with Crippen molar-refractivity contribution in [3.05, 3.63) is 45.0 Å². The van der Waals surface area contributed by atoms with Gasteiger partial charge in [0, 0.05) is 10.7 Å². The van der Waals surface area contributed by atoms with Crippen LogP contribution in [-0.4, -0.2) is 4.98 Å². The number of rotatable bonds is 2. The molecule has 0 saturated heterocycles. The molecule has 2 N–H and O–H groups in total. The van der Waals surface area contributed by atoms with E-state index in [0.717, 1.165) is 10.5 Å². The predicted molar refractivity (Wildman–Crippen MR) is 77.6 cm³/mol. The Morgan fingerprint density at radius 1 is 1.29 bits per heavy atom. The molecule has 21 heavy (non-hydrogen) atoms. The summed E-state index contributed by atoms with van der Waals surface area (Å²) in [5, 5.41) is -0.244. The molecule has 0 saturated carbocycles. The lowest BCUT2D eigenvalue weighted by Gasteiger charge is -2.13. The van der Waals surface area contributed by atoms with Gasteiger partial charge in [-0.3, -0.25) is 0 Å². The number of alkyl halides is 3. The summed E-state index contributed by atoms with van der Waals surface area (Å²) < 4.78 is 43.8. The lowest BCUT2D eigenvalue weighted by molar-refractivity contribution is -0.137. The van der Waals surface area contributed by atoms with E-state index in [0.29, 0.717) is 23.2 Å². The molecule has 0 spiro atoms. The lowest BCUT2D eigenvalue weighted by atomic mass is 10.2. The number of hydrogen-bond donors (Lipinski definition) is 1. The number of aryl methyl sites for hydroxylation is 1. The summed E-state index contributed by atoms with van der Waals surface area (Å²) in [6, 6.07) is 4.12. The molecule has 112 valence electrons. The summed E-state index contributed by atoms with van der Waals surface area (Å²) >= 11 is 9.06. The number of nitrogens with two attached hydrogens (primary N) is 1. The molecule has 0 unspecified atom stereocenters. The Balaban J connectivity index is 2.37. The predicted octanol–water partition coefficient (Wildman–Crippen LogP) is 5.20. The normalized spacial score (nSPS) is 11.5. The second kappa shape index (κ2) is 5.73. The Hall–Kier alpha value is -1.47. The van der Waals surface area contributed by atoms with Gasteiger partial charge in [-0.05, 0) is 30.7 Å². The molecule has 0 radical (unpaired) electrons. The number of nitrogen functional groups attached to an aromatic ring is 1. The van der Waals surface area contributed by atoms with Crippen molar-refractivity contribution in [3.63, 3.8) is 0 Å². The molecule has 0 aliphatic carbocycles. The van der Waals surface area contributed by atoms with Crippen LogP contribution in [0.4, 0.5) is 18.9 Å². The smallest absolute Gasteiger partial charge is 0.417 e. The average molecular weight is 382 g/mol. The summed E-state index contributed by atoms with van der Waals surface area (Å²) in [6.45, 7) is 1.74. The van der Waals surface area contributed by atoms with E-state index in [-0.39, 0.29) is 10.9 Å². The average Bonchev–Trinajstić information content (AvgIpc) is 2.33. The number of halogens is 5. The first-order chi connectivity index (χ1) is 9.68. The highest BCUT2D eigenvalue weighted by Gasteiger charge is 2.31. The lowest BCUT2D eigenvalue weighted by Crippen LogP contribution is -2.06. The fourth-order valence-electron chi connectivity index (χ4n) is 1.65. The molecule has 0 amide bonds. The number of anilines is 1. The van der Waals surface area contributed by atoms with Crippen molar-refractivity contribution < 1.29 is 17.9 Å². The minimum Gasteiger partial charge on any atom is -0.435 e. The van der Waals surface area contributed by atoms with Gasteiger partial charge in [0.05, 0.1) is 11.3 Å². The molecule has 2 rings (SSSR count). The molecule has 0 atom stereocenters. The van der Waals surface area contributed by atoms with E-state index in [1.807, 2.05) is 0 Å². The SMILES string of the molecule is Cc1cc(Br)cc(N)c1Oc1ncc(C(F)(F)F)cc1Cl. The van der Waals surface area contributed by atoms with Crippen molar-refractivity contribution in [1.82, 2.24) is 4.98 Å². The monoisotopic (exact) mass is 380 g/mol. The Morgan fingerprint density at radius 2 is 1.95 bits per heavy atom. The van der Waals surface area contributed by atoms with Crippen LogP contribution in [0.2, 0.25) is 5.02 Å². The first-order valence-corrected chi connectivity index (χ1v) is 6.82. The van der Waals surface area contributed by atoms with Crippen molar-refractivity contribution in [3.8, 4) is 11.6 Å². The molecule has 1 heterocycles. The summed E-state index contributed by atoms with van der Waals surface area (Å²) in [7, 11) is 0. The summed E-state index contributed by atoms with van der Waals surface area (Å²) in [5.74, 6) is 0.161. The first-order valence-electron chi connectivity index (χ1n) is 5.64. The fraction of sp³-hybridized carbons (Fsp3) is 0.154. The number of nitrogens with zero attached hydrogens (tertiary/aromatic N) is 1. The van der Waals surface area contributed by atoms with Gasteiger partial charge in [0.25, 0.3) is 0 Å². The van der Waals surface area contributed by atoms with Crippen LogP contribution < -0.4 is 10.5 Å². The molecule has 1 aromatic carbocycles. The Kier molecular flexibility index (Phi) is 4.34. The molecular formula is C13H9BrClF3N2O. The van der Waals surface area contributed by atoms with Crippen molar-refractivity contribution in [2.24, 2.45) is 0 Å². The van der Waals surface area contributed by atoms with Gasteiger partial charge in [0.1, 0.15) is 5.02 Å². The molecule has 3 nitrogen and oxygen atoms in total. The number of hydrogen-bond acceptors (Lipinski definition) is 3. The highest BCUT2D eigenvalue weighted by Crippen LogP contribution is 2.38. The maximum absolute atomic E-state index is 12.5. The van der Waals surface area contributed by atoms with Gasteiger partial charge in [-0.2, -0.15) is 13.2 Å². The molecule has 0 aliphatic heterocycles. The van der Waals surface area contributed by atoms with Crippen molar-refractivity contribution in [2.45, 2.75) is 13.1 Å². The van der Waals surface area contributed by atoms with Crippen LogP contribution >= 0.6 is 27.5 Å². The maximum Gasteiger partial charge on any atom is 0.417 e. The van der Waals surface area contributed by atoms with Crippen LogP contribution in [0.1, 0.15) is 11.1 Å². The van der Waals surface area contributed by atoms with Crippen molar-refractivity contribution in [2.75, 3.05) is 5.73 Å². The molecule has 0 bridgehead atoms. The van der Waals surface area contributed by atoms with E-state index < -0.39 is 11.7 Å². The van der Waals surface area contributed by atoms with Gasteiger partial charge in [-0.1, -0.05) is 27.5 Å². The second-order valence-electron chi connectivity index (χ2n) is 4.25. The van der Waals surface area contributed by atoms with Crippen LogP contribution in [0.5, 0.6) is 11.6 Å². The van der Waals surface area contributed by atoms with Crippen molar-refractivity contribution in [1.29, 1.82) is 0 Å². The van der Waals surface area contributed by atoms with E-state index in [4.69, 9.17) is 22.1 Å². The van der Waals surface area contributed by atoms with E-state index >= 15 is 0 Å². The van der Waals surface area contributed by atoms with E-state index in [1.165, 1.54) is 0 Å². The standard InChI is InChI=1S/C13H9BrClF3N2O/c1-6-2-8(14)4-10(19)11(6)21-12-9(15)3-7(5-20-12)13(16,17)18/h2-5H,19H2,1H3. The summed E-state index contributed by atoms with van der Waals surface area (Å²) in [6.07, 6.45) is -3.85. The second-order valence-corrected chi connectivity index (χ2v) is 5.57. The molecule has 0 aliphatic rings. The fourth-order valence-corrected chi connectivity index (χ4v) is 2.44.